The molecule has 1 fully saturated rings. The Morgan fingerprint density at radius 2 is 1.71 bits per heavy atom. The van der Waals surface area contributed by atoms with Crippen LogP contribution in [0.15, 0.2) is 59.9 Å². The highest BCUT2D eigenvalue weighted by Gasteiger charge is 2.21. The molecule has 1 saturated carbocycles. The van der Waals surface area contributed by atoms with Gasteiger partial charge in [-0.05, 0) is 44.0 Å². The van der Waals surface area contributed by atoms with Gasteiger partial charge in [0.25, 0.3) is 0 Å². The Morgan fingerprint density at radius 1 is 1.04 bits per heavy atom. The molecule has 1 aromatic heterocycles. The first-order chi connectivity index (χ1) is 13.6. The first-order valence-corrected chi connectivity index (χ1v) is 10.3. The molecule has 1 heterocycles. The van der Waals surface area contributed by atoms with E-state index in [1.165, 1.54) is 31.2 Å². The van der Waals surface area contributed by atoms with Crippen molar-refractivity contribution >= 4 is 11.8 Å². The highest BCUT2D eigenvalue weighted by molar-refractivity contribution is 7.99. The molecule has 0 spiro atoms. The maximum atomic E-state index is 12.5. The van der Waals surface area contributed by atoms with E-state index in [1.54, 1.807) is 36.0 Å². The lowest BCUT2D eigenvalue weighted by molar-refractivity contribution is -0.0498. The number of alkyl halides is 2. The van der Waals surface area contributed by atoms with Gasteiger partial charge in [-0.15, -0.1) is 0 Å². The highest BCUT2D eigenvalue weighted by atomic mass is 32.2. The highest BCUT2D eigenvalue weighted by Crippen LogP contribution is 2.37. The van der Waals surface area contributed by atoms with Gasteiger partial charge in [0.2, 0.25) is 0 Å². The van der Waals surface area contributed by atoms with Gasteiger partial charge >= 0.3 is 6.61 Å². The van der Waals surface area contributed by atoms with E-state index in [0.29, 0.717) is 5.25 Å². The minimum atomic E-state index is -2.82. The number of thioether (sulfide) groups is 1. The van der Waals surface area contributed by atoms with Crippen LogP contribution in [-0.2, 0) is 0 Å². The Bertz CT molecular complexity index is 917. The molecule has 2 aromatic carbocycles. The molecule has 28 heavy (non-hydrogen) atoms. The molecule has 0 aliphatic heterocycles. The zero-order valence-corrected chi connectivity index (χ0v) is 16.5. The number of nitrogens with zero attached hydrogens (tertiary/aromatic N) is 2. The zero-order valence-electron chi connectivity index (χ0n) is 15.6. The number of rotatable bonds is 6. The standard InChI is InChI=1S/C22H22F2N2OS/c1-15-6-8-16(9-7-15)20-14-25-22(28-19-4-2-3-5-19)26(20)17-10-12-18(13-11-17)27-21(23)24/h6-14,19,21H,2-5H2,1H3. The fraction of sp³-hybridized carbons (Fsp3) is 0.318. The molecule has 3 aromatic rings. The molecule has 0 radical (unpaired) electrons. The van der Waals surface area contributed by atoms with Gasteiger partial charge in [-0.2, -0.15) is 8.78 Å². The Kier molecular flexibility index (Phi) is 5.67. The van der Waals surface area contributed by atoms with Gasteiger partial charge in [0, 0.05) is 16.5 Å². The number of aryl methyl sites for hydroxylation is 1. The average molecular weight is 400 g/mol. The fourth-order valence-electron chi connectivity index (χ4n) is 3.53. The molecule has 6 heteroatoms. The number of ether oxygens (including phenoxy) is 1. The third-order valence-corrected chi connectivity index (χ3v) is 6.27. The molecular weight excluding hydrogens is 378 g/mol. The molecule has 0 bridgehead atoms. The van der Waals surface area contributed by atoms with Gasteiger partial charge in [-0.1, -0.05) is 54.4 Å². The lowest BCUT2D eigenvalue weighted by Crippen LogP contribution is -2.04. The van der Waals surface area contributed by atoms with Gasteiger partial charge < -0.3 is 4.74 Å². The molecule has 0 N–H and O–H groups in total. The van der Waals surface area contributed by atoms with E-state index in [-0.39, 0.29) is 5.75 Å². The van der Waals surface area contributed by atoms with E-state index in [1.807, 2.05) is 6.20 Å². The zero-order chi connectivity index (χ0) is 19.5. The van der Waals surface area contributed by atoms with Crippen molar-refractivity contribution < 1.29 is 13.5 Å². The molecule has 1 aliphatic carbocycles. The Labute approximate surface area is 167 Å². The molecule has 0 amide bonds. The maximum absolute atomic E-state index is 12.5. The van der Waals surface area contributed by atoms with Crippen molar-refractivity contribution in [3.05, 3.63) is 60.3 Å². The lowest BCUT2D eigenvalue weighted by atomic mass is 10.1. The minimum Gasteiger partial charge on any atom is -0.435 e. The predicted molar refractivity (Wildman–Crippen MR) is 108 cm³/mol. The second kappa shape index (κ2) is 8.35. The Balaban J connectivity index is 1.73. The van der Waals surface area contributed by atoms with Crippen molar-refractivity contribution in [1.82, 2.24) is 9.55 Å². The summed E-state index contributed by atoms with van der Waals surface area (Å²) < 4.78 is 31.5. The van der Waals surface area contributed by atoms with Crippen molar-refractivity contribution in [2.24, 2.45) is 0 Å². The normalized spacial score (nSPS) is 14.7. The van der Waals surface area contributed by atoms with E-state index in [4.69, 9.17) is 4.98 Å². The summed E-state index contributed by atoms with van der Waals surface area (Å²) in [6.07, 6.45) is 6.84. The molecule has 0 atom stereocenters. The van der Waals surface area contributed by atoms with E-state index in [2.05, 4.69) is 40.5 Å². The molecule has 0 unspecified atom stereocenters. The number of hydrogen-bond acceptors (Lipinski definition) is 3. The molecule has 1 aliphatic rings. The Hall–Kier alpha value is -2.34. The summed E-state index contributed by atoms with van der Waals surface area (Å²) >= 11 is 1.81. The van der Waals surface area contributed by atoms with Gasteiger partial charge in [-0.25, -0.2) is 4.98 Å². The molecule has 146 valence electrons. The van der Waals surface area contributed by atoms with Crippen LogP contribution < -0.4 is 4.74 Å². The summed E-state index contributed by atoms with van der Waals surface area (Å²) in [5, 5.41) is 1.51. The van der Waals surface area contributed by atoms with Crippen LogP contribution in [0.2, 0.25) is 0 Å². The summed E-state index contributed by atoms with van der Waals surface area (Å²) in [5.74, 6) is 0.153. The number of hydrogen-bond donors (Lipinski definition) is 0. The summed E-state index contributed by atoms with van der Waals surface area (Å²) in [6, 6.07) is 15.1. The first-order valence-electron chi connectivity index (χ1n) is 9.47. The number of halogens is 2. The topological polar surface area (TPSA) is 27.1 Å². The first kappa shape index (κ1) is 19.0. The van der Waals surface area contributed by atoms with Gasteiger partial charge in [-0.3, -0.25) is 4.57 Å². The quantitative estimate of drug-likeness (QED) is 0.474. The lowest BCUT2D eigenvalue weighted by Gasteiger charge is -2.15. The van der Waals surface area contributed by atoms with Crippen LogP contribution in [0.25, 0.3) is 16.9 Å². The van der Waals surface area contributed by atoms with Crippen molar-refractivity contribution in [3.63, 3.8) is 0 Å². The third kappa shape index (κ3) is 4.22. The van der Waals surface area contributed by atoms with E-state index >= 15 is 0 Å². The average Bonchev–Trinajstić information content (AvgIpc) is 3.33. The van der Waals surface area contributed by atoms with Crippen LogP contribution in [0.5, 0.6) is 5.75 Å². The van der Waals surface area contributed by atoms with Gasteiger partial charge in [0.15, 0.2) is 5.16 Å². The summed E-state index contributed by atoms with van der Waals surface area (Å²) in [7, 11) is 0. The van der Waals surface area contributed by atoms with E-state index < -0.39 is 6.61 Å². The van der Waals surface area contributed by atoms with Crippen LogP contribution in [-0.4, -0.2) is 21.4 Å². The van der Waals surface area contributed by atoms with Crippen molar-refractivity contribution in [2.75, 3.05) is 0 Å². The van der Waals surface area contributed by atoms with Crippen LogP contribution >= 0.6 is 11.8 Å². The predicted octanol–water partition coefficient (Wildman–Crippen LogP) is 6.48. The third-order valence-electron chi connectivity index (χ3n) is 4.97. The number of aromatic nitrogens is 2. The minimum absolute atomic E-state index is 0.153. The van der Waals surface area contributed by atoms with E-state index in [0.717, 1.165) is 22.1 Å². The maximum Gasteiger partial charge on any atom is 0.387 e. The second-order valence-corrected chi connectivity index (χ2v) is 8.29. The number of imidazole rings is 1. The van der Waals surface area contributed by atoms with Crippen molar-refractivity contribution in [2.45, 2.75) is 49.6 Å². The second-order valence-electron chi connectivity index (χ2n) is 7.02. The van der Waals surface area contributed by atoms with Crippen LogP contribution in [0.4, 0.5) is 8.78 Å². The largest absolute Gasteiger partial charge is 0.435 e. The Morgan fingerprint density at radius 3 is 2.36 bits per heavy atom. The molecule has 0 saturated heterocycles. The van der Waals surface area contributed by atoms with Crippen molar-refractivity contribution in [1.29, 1.82) is 0 Å². The van der Waals surface area contributed by atoms with Crippen molar-refractivity contribution in [3.8, 4) is 22.7 Å². The molecule has 3 nitrogen and oxygen atoms in total. The van der Waals surface area contributed by atoms with Gasteiger partial charge in [0.05, 0.1) is 11.9 Å². The smallest absolute Gasteiger partial charge is 0.387 e. The number of benzene rings is 2. The van der Waals surface area contributed by atoms with Gasteiger partial charge in [0.1, 0.15) is 5.75 Å². The monoisotopic (exact) mass is 400 g/mol. The molecular formula is C22H22F2N2OS. The van der Waals surface area contributed by atoms with Crippen LogP contribution in [0, 0.1) is 6.92 Å². The van der Waals surface area contributed by atoms with E-state index in [9.17, 15) is 8.78 Å². The van der Waals surface area contributed by atoms with Crippen LogP contribution in [0.1, 0.15) is 31.2 Å². The van der Waals surface area contributed by atoms with Crippen LogP contribution in [0.3, 0.4) is 0 Å². The summed E-state index contributed by atoms with van der Waals surface area (Å²) in [4.78, 5) is 4.70. The summed E-state index contributed by atoms with van der Waals surface area (Å²) in [6.45, 7) is -0.764. The molecule has 4 rings (SSSR count). The SMILES string of the molecule is Cc1ccc(-c2cnc(SC3CCCC3)n2-c2ccc(OC(F)F)cc2)cc1. The summed E-state index contributed by atoms with van der Waals surface area (Å²) in [5.41, 5.74) is 4.14. The fourth-order valence-corrected chi connectivity index (χ4v) is 4.82.